The second-order valence-corrected chi connectivity index (χ2v) is 17.0. The van der Waals surface area contributed by atoms with Gasteiger partial charge in [0, 0.05) is 14.0 Å². The first-order valence-corrected chi connectivity index (χ1v) is 23.5. The van der Waals surface area contributed by atoms with Crippen LogP contribution >= 0.6 is 0 Å². The fourth-order valence-electron chi connectivity index (χ4n) is 8.51. The first-order valence-electron chi connectivity index (χ1n) is 23.5. The standard InChI is InChI=1S/C57H62O12/c1-41(58)66-50-48(39-60-33-42-21-9-3-10-22-42)68-57(55(65-38-47-31-19-8-20-32-47)52(50)62-35-44-25-13-5-14-26-44)69-51-49(40-61-34-43-23-11-4-12-24-43)67-56(59-2)54(64-37-46-29-17-7-18-30-46)53(51)63-36-45-27-15-6-16-28-45/h3-32,48-57H,33-40H2,1-2H3/t48-,49-,50+,51-,52+,53+,54-,55-,56+,57+/m1/s1. The third-order valence-corrected chi connectivity index (χ3v) is 11.9. The largest absolute Gasteiger partial charge is 0.457 e. The maximum atomic E-state index is 13.1. The zero-order valence-corrected chi connectivity index (χ0v) is 39.1. The van der Waals surface area contributed by atoms with Gasteiger partial charge in [-0.15, -0.1) is 0 Å². The Morgan fingerprint density at radius 1 is 0.391 bits per heavy atom. The molecule has 8 rings (SSSR count). The minimum Gasteiger partial charge on any atom is -0.457 e. The molecule has 2 fully saturated rings. The van der Waals surface area contributed by atoms with Gasteiger partial charge in [0.2, 0.25) is 0 Å². The summed E-state index contributed by atoms with van der Waals surface area (Å²) in [6, 6.07) is 59.2. The maximum Gasteiger partial charge on any atom is 0.303 e. The van der Waals surface area contributed by atoms with E-state index in [2.05, 4.69) is 0 Å². The summed E-state index contributed by atoms with van der Waals surface area (Å²) in [6.45, 7) is 2.88. The Morgan fingerprint density at radius 3 is 1.06 bits per heavy atom. The van der Waals surface area contributed by atoms with Crippen LogP contribution in [0.5, 0.6) is 0 Å². The molecular formula is C57H62O12. The minimum absolute atomic E-state index is 0.0244. The molecule has 0 bridgehead atoms. The van der Waals surface area contributed by atoms with E-state index in [0.717, 1.165) is 33.4 Å². The molecule has 10 atom stereocenters. The van der Waals surface area contributed by atoms with Gasteiger partial charge in [-0.05, 0) is 33.4 Å². The average molecular weight is 939 g/mol. The normalized spacial score (nSPS) is 24.7. The highest BCUT2D eigenvalue weighted by Gasteiger charge is 2.55. The Morgan fingerprint density at radius 2 is 0.696 bits per heavy atom. The van der Waals surface area contributed by atoms with E-state index in [9.17, 15) is 4.79 Å². The fraction of sp³-hybridized carbons (Fsp3) is 0.351. The van der Waals surface area contributed by atoms with Crippen LogP contribution in [0.4, 0.5) is 0 Å². The minimum atomic E-state index is -1.17. The van der Waals surface area contributed by atoms with E-state index in [1.165, 1.54) is 6.92 Å². The molecule has 6 aromatic carbocycles. The molecule has 0 N–H and O–H groups in total. The molecule has 0 amide bonds. The predicted octanol–water partition coefficient (Wildman–Crippen LogP) is 9.17. The fourth-order valence-corrected chi connectivity index (χ4v) is 8.51. The number of methoxy groups -OCH3 is 1. The lowest BCUT2D eigenvalue weighted by atomic mass is 9.95. The monoisotopic (exact) mass is 938 g/mol. The highest BCUT2D eigenvalue weighted by atomic mass is 16.8. The smallest absolute Gasteiger partial charge is 0.303 e. The summed E-state index contributed by atoms with van der Waals surface area (Å²) in [5.41, 5.74) is 5.69. The zero-order valence-electron chi connectivity index (χ0n) is 39.1. The molecule has 0 aromatic heterocycles. The first-order chi connectivity index (χ1) is 34.0. The van der Waals surface area contributed by atoms with Crippen molar-refractivity contribution in [3.8, 4) is 0 Å². The molecule has 69 heavy (non-hydrogen) atoms. The van der Waals surface area contributed by atoms with E-state index >= 15 is 0 Å². The number of carbonyl (C=O) groups excluding carboxylic acids is 1. The van der Waals surface area contributed by atoms with Gasteiger partial charge in [0.25, 0.3) is 0 Å². The molecule has 0 radical (unpaired) electrons. The first kappa shape index (κ1) is 49.8. The van der Waals surface area contributed by atoms with Gasteiger partial charge in [0.15, 0.2) is 18.7 Å². The van der Waals surface area contributed by atoms with Gasteiger partial charge in [-0.1, -0.05) is 182 Å². The van der Waals surface area contributed by atoms with Gasteiger partial charge in [-0.25, -0.2) is 0 Å². The van der Waals surface area contributed by atoms with Gasteiger partial charge in [0.1, 0.15) is 42.7 Å². The van der Waals surface area contributed by atoms with Crippen molar-refractivity contribution in [1.82, 2.24) is 0 Å². The molecule has 2 aliphatic heterocycles. The van der Waals surface area contributed by atoms with Crippen LogP contribution in [0.15, 0.2) is 182 Å². The second kappa shape index (κ2) is 26.4. The Balaban J connectivity index is 1.18. The molecule has 2 saturated heterocycles. The van der Waals surface area contributed by atoms with Crippen molar-refractivity contribution in [3.05, 3.63) is 215 Å². The number of hydrogen-bond acceptors (Lipinski definition) is 12. The van der Waals surface area contributed by atoms with Crippen molar-refractivity contribution >= 4 is 5.97 Å². The third-order valence-electron chi connectivity index (χ3n) is 11.9. The summed E-state index contributed by atoms with van der Waals surface area (Å²) >= 11 is 0. The Labute approximate surface area is 405 Å². The van der Waals surface area contributed by atoms with Crippen molar-refractivity contribution in [2.45, 2.75) is 108 Å². The van der Waals surface area contributed by atoms with E-state index in [4.69, 9.17) is 52.1 Å². The van der Waals surface area contributed by atoms with Gasteiger partial charge in [-0.3, -0.25) is 4.79 Å². The molecular weight excluding hydrogens is 877 g/mol. The third kappa shape index (κ3) is 14.7. The molecule has 12 heteroatoms. The van der Waals surface area contributed by atoms with Gasteiger partial charge in [0.05, 0.1) is 52.9 Å². The quantitative estimate of drug-likeness (QED) is 0.0539. The van der Waals surface area contributed by atoms with Gasteiger partial charge >= 0.3 is 5.97 Å². The molecule has 0 saturated carbocycles. The average Bonchev–Trinajstić information content (AvgIpc) is 3.39. The van der Waals surface area contributed by atoms with Crippen LogP contribution in [-0.4, -0.2) is 87.7 Å². The topological polar surface area (TPSA) is 119 Å². The summed E-state index contributed by atoms with van der Waals surface area (Å²) in [5, 5.41) is 0. The van der Waals surface area contributed by atoms with Gasteiger partial charge < -0.3 is 52.1 Å². The van der Waals surface area contributed by atoms with Crippen LogP contribution in [0, 0.1) is 0 Å². The zero-order chi connectivity index (χ0) is 47.5. The van der Waals surface area contributed by atoms with E-state index in [-0.39, 0.29) is 46.2 Å². The van der Waals surface area contributed by atoms with Crippen molar-refractivity contribution < 1.29 is 56.9 Å². The molecule has 0 unspecified atom stereocenters. The number of hydrogen-bond donors (Lipinski definition) is 0. The molecule has 12 nitrogen and oxygen atoms in total. The van der Waals surface area contributed by atoms with Crippen LogP contribution in [0.2, 0.25) is 0 Å². The molecule has 6 aromatic rings. The Bertz CT molecular complexity index is 2350. The molecule has 0 spiro atoms. The highest BCUT2D eigenvalue weighted by Crippen LogP contribution is 2.36. The predicted molar refractivity (Wildman–Crippen MR) is 257 cm³/mol. The van der Waals surface area contributed by atoms with E-state index in [1.807, 2.05) is 182 Å². The summed E-state index contributed by atoms with van der Waals surface area (Å²) < 4.78 is 73.7. The highest BCUT2D eigenvalue weighted by molar-refractivity contribution is 5.66. The van der Waals surface area contributed by atoms with Crippen LogP contribution in [0.3, 0.4) is 0 Å². The molecule has 0 aliphatic carbocycles. The second-order valence-electron chi connectivity index (χ2n) is 17.0. The van der Waals surface area contributed by atoms with Crippen molar-refractivity contribution in [3.63, 3.8) is 0 Å². The van der Waals surface area contributed by atoms with Gasteiger partial charge in [-0.2, -0.15) is 0 Å². The maximum absolute atomic E-state index is 13.1. The van der Waals surface area contributed by atoms with Crippen LogP contribution in [0.25, 0.3) is 0 Å². The van der Waals surface area contributed by atoms with E-state index < -0.39 is 67.4 Å². The van der Waals surface area contributed by atoms with Crippen LogP contribution in [-0.2, 0) is 96.5 Å². The summed E-state index contributed by atoms with van der Waals surface area (Å²) in [5.74, 6) is -0.513. The van der Waals surface area contributed by atoms with E-state index in [1.54, 1.807) is 7.11 Å². The molecule has 362 valence electrons. The molecule has 2 heterocycles. The van der Waals surface area contributed by atoms with E-state index in [0.29, 0.717) is 6.61 Å². The number of benzene rings is 6. The molecule has 2 aliphatic rings. The number of rotatable bonds is 24. The van der Waals surface area contributed by atoms with Crippen LogP contribution in [0.1, 0.15) is 40.3 Å². The summed E-state index contributed by atoms with van der Waals surface area (Å²) in [6.07, 6.45) is -9.12. The SMILES string of the molecule is CO[C@H]1O[C@H](COCc2ccccc2)[C@@H](O[C@@H]2O[C@H](COCc3ccccc3)[C@H](OC(C)=O)[C@H](OCc3ccccc3)[C@H]2OCc2ccccc2)[C@H](OCc2ccccc2)[C@H]1OCc1ccccc1. The van der Waals surface area contributed by atoms with Crippen molar-refractivity contribution in [2.75, 3.05) is 20.3 Å². The van der Waals surface area contributed by atoms with Crippen LogP contribution < -0.4 is 0 Å². The lowest BCUT2D eigenvalue weighted by molar-refractivity contribution is -0.373. The number of esters is 1. The number of ether oxygens (including phenoxy) is 11. The van der Waals surface area contributed by atoms with Crippen molar-refractivity contribution in [1.29, 1.82) is 0 Å². The lowest BCUT2D eigenvalue weighted by Crippen LogP contribution is -2.66. The summed E-state index contributed by atoms with van der Waals surface area (Å²) in [7, 11) is 1.59. The lowest BCUT2D eigenvalue weighted by Gasteiger charge is -2.50. The number of carbonyl (C=O) groups is 1. The Hall–Kier alpha value is -5.61. The Kier molecular flexibility index (Phi) is 19.0. The van der Waals surface area contributed by atoms with Crippen molar-refractivity contribution in [2.24, 2.45) is 0 Å². The summed E-state index contributed by atoms with van der Waals surface area (Å²) in [4.78, 5) is 13.1.